The summed E-state index contributed by atoms with van der Waals surface area (Å²) in [7, 11) is 1.93. The van der Waals surface area contributed by atoms with E-state index in [1.807, 2.05) is 40.5 Å². The Balaban J connectivity index is 1.30. The Morgan fingerprint density at radius 2 is 1.77 bits per heavy atom. The third-order valence-electron chi connectivity index (χ3n) is 5.68. The molecule has 0 bridgehead atoms. The highest BCUT2D eigenvalue weighted by Crippen LogP contribution is 2.26. The van der Waals surface area contributed by atoms with Gasteiger partial charge in [0.1, 0.15) is 12.4 Å². The van der Waals surface area contributed by atoms with Crippen molar-refractivity contribution in [3.05, 3.63) is 68.7 Å². The molecular weight excluding hydrogens is 408 g/mol. The van der Waals surface area contributed by atoms with Crippen molar-refractivity contribution in [2.24, 2.45) is 7.05 Å². The molecule has 1 aliphatic heterocycles. The lowest BCUT2D eigenvalue weighted by atomic mass is 10.1. The number of aryl methyl sites for hydroxylation is 4. The van der Waals surface area contributed by atoms with Crippen LogP contribution in [0.5, 0.6) is 5.75 Å². The van der Waals surface area contributed by atoms with Crippen molar-refractivity contribution >= 4 is 17.2 Å². The smallest absolute Gasteiger partial charge is 0.264 e. The lowest BCUT2D eigenvalue weighted by molar-refractivity contribution is 0.0633. The van der Waals surface area contributed by atoms with Gasteiger partial charge in [0.25, 0.3) is 5.91 Å². The van der Waals surface area contributed by atoms with Crippen molar-refractivity contribution in [2.45, 2.75) is 33.9 Å². The highest BCUT2D eigenvalue weighted by Gasteiger charge is 2.23. The van der Waals surface area contributed by atoms with E-state index < -0.39 is 0 Å². The van der Waals surface area contributed by atoms with Crippen LogP contribution >= 0.6 is 11.3 Å². The number of ether oxygens (including phenoxy) is 1. The molecule has 0 spiro atoms. The number of aromatic nitrogens is 2. The number of piperazine rings is 1. The average Bonchev–Trinajstić information content (AvgIpc) is 3.36. The molecule has 3 heterocycles. The van der Waals surface area contributed by atoms with Crippen LogP contribution in [0.2, 0.25) is 0 Å². The molecule has 4 rings (SSSR count). The van der Waals surface area contributed by atoms with Crippen molar-refractivity contribution in [3.8, 4) is 5.75 Å². The van der Waals surface area contributed by atoms with Crippen LogP contribution in [0.4, 0.5) is 0 Å². The minimum Gasteiger partial charge on any atom is -0.488 e. The molecule has 2 aromatic heterocycles. The van der Waals surface area contributed by atoms with Gasteiger partial charge in [-0.25, -0.2) is 0 Å². The molecule has 0 N–H and O–H groups in total. The molecule has 3 aromatic rings. The van der Waals surface area contributed by atoms with Crippen LogP contribution in [-0.4, -0.2) is 51.7 Å². The molecular formula is C24H30N4O2S. The number of hydrogen-bond donors (Lipinski definition) is 0. The molecule has 0 unspecified atom stereocenters. The van der Waals surface area contributed by atoms with Gasteiger partial charge in [0, 0.05) is 57.1 Å². The maximum absolute atomic E-state index is 13.0. The molecule has 1 aliphatic rings. The third-order valence-corrected chi connectivity index (χ3v) is 6.64. The van der Waals surface area contributed by atoms with Crippen LogP contribution in [0.1, 0.15) is 37.5 Å². The number of amides is 1. The molecule has 1 aromatic carbocycles. The zero-order valence-corrected chi connectivity index (χ0v) is 19.5. The molecule has 31 heavy (non-hydrogen) atoms. The summed E-state index contributed by atoms with van der Waals surface area (Å²) in [5.41, 5.74) is 5.79. The molecule has 0 atom stereocenters. The summed E-state index contributed by atoms with van der Waals surface area (Å²) in [5, 5.41) is 6.26. The fourth-order valence-corrected chi connectivity index (χ4v) is 5.05. The summed E-state index contributed by atoms with van der Waals surface area (Å²) in [6, 6.07) is 6.26. The first-order chi connectivity index (χ1) is 14.9. The van der Waals surface area contributed by atoms with Gasteiger partial charge in [-0.05, 0) is 43.3 Å². The molecule has 1 amide bonds. The van der Waals surface area contributed by atoms with Crippen LogP contribution in [0.25, 0.3) is 0 Å². The Hall–Kier alpha value is -2.64. The van der Waals surface area contributed by atoms with Crippen LogP contribution in [0.3, 0.4) is 0 Å². The Labute approximate surface area is 188 Å². The number of thiophene rings is 1. The van der Waals surface area contributed by atoms with E-state index in [1.54, 1.807) is 0 Å². The normalized spacial score (nSPS) is 14.8. The van der Waals surface area contributed by atoms with Gasteiger partial charge in [0.15, 0.2) is 0 Å². The zero-order valence-electron chi connectivity index (χ0n) is 18.7. The minimum atomic E-state index is 0.125. The van der Waals surface area contributed by atoms with Crippen molar-refractivity contribution < 1.29 is 9.53 Å². The highest BCUT2D eigenvalue weighted by molar-refractivity contribution is 7.12. The highest BCUT2D eigenvalue weighted by atomic mass is 32.1. The minimum absolute atomic E-state index is 0.125. The first-order valence-electron chi connectivity index (χ1n) is 10.7. The zero-order chi connectivity index (χ0) is 22.0. The van der Waals surface area contributed by atoms with Crippen molar-refractivity contribution in [1.29, 1.82) is 0 Å². The van der Waals surface area contributed by atoms with Crippen LogP contribution < -0.4 is 4.74 Å². The third kappa shape index (κ3) is 5.17. The summed E-state index contributed by atoms with van der Waals surface area (Å²) in [6.07, 6.45) is 3.96. The number of hydrogen-bond acceptors (Lipinski definition) is 5. The van der Waals surface area contributed by atoms with Gasteiger partial charge in [-0.3, -0.25) is 14.4 Å². The molecule has 1 saturated heterocycles. The summed E-state index contributed by atoms with van der Waals surface area (Å²) >= 11 is 1.51. The largest absolute Gasteiger partial charge is 0.488 e. The molecule has 0 aliphatic carbocycles. The first kappa shape index (κ1) is 21.6. The van der Waals surface area contributed by atoms with E-state index in [-0.39, 0.29) is 5.91 Å². The lowest BCUT2D eigenvalue weighted by Crippen LogP contribution is -2.48. The Kier molecular flexibility index (Phi) is 6.43. The van der Waals surface area contributed by atoms with E-state index >= 15 is 0 Å². The SMILES string of the molecule is Cc1cc(C)c(OCc2csc(C(=O)N3CCN(Cc4cnn(C)c4)CC3)c2)c(C)c1. The van der Waals surface area contributed by atoms with Gasteiger partial charge >= 0.3 is 0 Å². The number of carbonyl (C=O) groups is 1. The van der Waals surface area contributed by atoms with Crippen LogP contribution in [0, 0.1) is 20.8 Å². The Bertz CT molecular complexity index is 1040. The molecule has 0 radical (unpaired) electrons. The van der Waals surface area contributed by atoms with Crippen molar-refractivity contribution in [1.82, 2.24) is 19.6 Å². The van der Waals surface area contributed by atoms with Crippen molar-refractivity contribution in [2.75, 3.05) is 26.2 Å². The van der Waals surface area contributed by atoms with E-state index in [2.05, 4.69) is 42.9 Å². The predicted molar refractivity (Wildman–Crippen MR) is 124 cm³/mol. The summed E-state index contributed by atoms with van der Waals surface area (Å²) in [4.78, 5) is 18.1. The topological polar surface area (TPSA) is 50.6 Å². The summed E-state index contributed by atoms with van der Waals surface area (Å²) < 4.78 is 7.92. The van der Waals surface area contributed by atoms with E-state index in [4.69, 9.17) is 4.74 Å². The van der Waals surface area contributed by atoms with Gasteiger partial charge in [-0.15, -0.1) is 11.3 Å². The standard InChI is InChI=1S/C24H30N4O2S/c1-17-9-18(2)23(19(3)10-17)30-15-20-11-22(31-16-20)24(29)28-7-5-27(6-8-28)14-21-12-25-26(4)13-21/h9-13,16H,5-8,14-15H2,1-4H3. The second-order valence-electron chi connectivity index (χ2n) is 8.43. The van der Waals surface area contributed by atoms with Gasteiger partial charge in [-0.1, -0.05) is 17.7 Å². The second-order valence-corrected chi connectivity index (χ2v) is 9.34. The van der Waals surface area contributed by atoms with Gasteiger partial charge in [0.2, 0.25) is 0 Å². The fourth-order valence-electron chi connectivity index (χ4n) is 4.19. The van der Waals surface area contributed by atoms with Crippen LogP contribution in [0.15, 0.2) is 36.0 Å². The summed E-state index contributed by atoms with van der Waals surface area (Å²) in [5.74, 6) is 1.06. The fraction of sp³-hybridized carbons (Fsp3) is 0.417. The average molecular weight is 439 g/mol. The first-order valence-corrected chi connectivity index (χ1v) is 11.5. The van der Waals surface area contributed by atoms with E-state index in [1.165, 1.54) is 22.5 Å². The lowest BCUT2D eigenvalue weighted by Gasteiger charge is -2.34. The van der Waals surface area contributed by atoms with E-state index in [0.29, 0.717) is 6.61 Å². The Morgan fingerprint density at radius 3 is 2.42 bits per heavy atom. The van der Waals surface area contributed by atoms with Crippen LogP contribution in [-0.2, 0) is 20.2 Å². The van der Waals surface area contributed by atoms with Gasteiger partial charge in [-0.2, -0.15) is 5.10 Å². The predicted octanol–water partition coefficient (Wildman–Crippen LogP) is 3.94. The van der Waals surface area contributed by atoms with E-state index in [0.717, 1.165) is 60.0 Å². The molecule has 0 saturated carbocycles. The maximum Gasteiger partial charge on any atom is 0.264 e. The number of nitrogens with zero attached hydrogens (tertiary/aromatic N) is 4. The van der Waals surface area contributed by atoms with Gasteiger partial charge < -0.3 is 9.64 Å². The Morgan fingerprint density at radius 1 is 1.06 bits per heavy atom. The number of benzene rings is 1. The second kappa shape index (κ2) is 9.24. The maximum atomic E-state index is 13.0. The van der Waals surface area contributed by atoms with Gasteiger partial charge in [0.05, 0.1) is 11.1 Å². The quantitative estimate of drug-likeness (QED) is 0.585. The monoisotopic (exact) mass is 438 g/mol. The summed E-state index contributed by atoms with van der Waals surface area (Å²) in [6.45, 7) is 10.9. The number of rotatable bonds is 6. The molecule has 164 valence electrons. The van der Waals surface area contributed by atoms with E-state index in [9.17, 15) is 4.79 Å². The van der Waals surface area contributed by atoms with Crippen molar-refractivity contribution in [3.63, 3.8) is 0 Å². The molecule has 6 nitrogen and oxygen atoms in total. The number of carbonyl (C=O) groups excluding carboxylic acids is 1. The molecule has 1 fully saturated rings. The molecule has 7 heteroatoms.